The van der Waals surface area contributed by atoms with E-state index in [2.05, 4.69) is 15.0 Å². The molecule has 4 rings (SSSR count). The quantitative estimate of drug-likeness (QED) is 0.550. The molecule has 4 heteroatoms. The molecule has 0 unspecified atom stereocenters. The van der Waals surface area contributed by atoms with Crippen molar-refractivity contribution >= 4 is 22.1 Å². The maximum atomic E-state index is 5.79. The second-order valence-electron chi connectivity index (χ2n) is 4.10. The number of H-pyrrole nitrogens is 1. The van der Waals surface area contributed by atoms with Crippen LogP contribution in [0, 0.1) is 0 Å². The number of fused-ring (bicyclic) bond motifs is 3. The molecule has 0 bridgehead atoms. The van der Waals surface area contributed by atoms with Crippen LogP contribution in [0.5, 0.6) is 0 Å². The first-order chi connectivity index (χ1) is 8.93. The number of nitrogens with zero attached hydrogens (tertiary/aromatic N) is 2. The van der Waals surface area contributed by atoms with Gasteiger partial charge in [-0.3, -0.25) is 4.98 Å². The lowest BCUT2D eigenvalue weighted by molar-refractivity contribution is 0.668. The Balaban J connectivity index is 2.21. The van der Waals surface area contributed by atoms with Gasteiger partial charge in [-0.05, 0) is 18.2 Å². The molecule has 0 aliphatic rings. The molecule has 0 radical (unpaired) electrons. The van der Waals surface area contributed by atoms with Gasteiger partial charge in [0.15, 0.2) is 5.58 Å². The summed E-state index contributed by atoms with van der Waals surface area (Å²) in [5.41, 5.74) is 4.56. The van der Waals surface area contributed by atoms with Crippen molar-refractivity contribution in [1.29, 1.82) is 0 Å². The van der Waals surface area contributed by atoms with E-state index in [0.717, 1.165) is 33.3 Å². The molecule has 4 aromatic rings. The van der Waals surface area contributed by atoms with Crippen LogP contribution in [0.4, 0.5) is 0 Å². The van der Waals surface area contributed by atoms with Gasteiger partial charge in [0, 0.05) is 11.8 Å². The normalized spacial score (nSPS) is 11.3. The third-order valence-corrected chi connectivity index (χ3v) is 3.04. The summed E-state index contributed by atoms with van der Waals surface area (Å²) in [5.74, 6) is 0. The summed E-state index contributed by atoms with van der Waals surface area (Å²) in [6.45, 7) is 0. The van der Waals surface area contributed by atoms with Crippen LogP contribution in [0.2, 0.25) is 0 Å². The third kappa shape index (κ3) is 1.20. The van der Waals surface area contributed by atoms with Crippen molar-refractivity contribution in [2.45, 2.75) is 0 Å². The third-order valence-electron chi connectivity index (χ3n) is 3.04. The Hall–Kier alpha value is -2.62. The van der Waals surface area contributed by atoms with E-state index >= 15 is 0 Å². The van der Waals surface area contributed by atoms with Crippen LogP contribution >= 0.6 is 0 Å². The Morgan fingerprint density at radius 3 is 2.89 bits per heavy atom. The predicted molar refractivity (Wildman–Crippen MR) is 69.1 cm³/mol. The van der Waals surface area contributed by atoms with Crippen molar-refractivity contribution in [1.82, 2.24) is 15.0 Å². The molecule has 18 heavy (non-hydrogen) atoms. The molecular weight excluding hydrogens is 226 g/mol. The molecule has 0 amide bonds. The number of furan rings is 1. The van der Waals surface area contributed by atoms with Gasteiger partial charge in [-0.2, -0.15) is 0 Å². The lowest BCUT2D eigenvalue weighted by Crippen LogP contribution is -1.80. The van der Waals surface area contributed by atoms with Crippen LogP contribution in [0.1, 0.15) is 0 Å². The smallest absolute Gasteiger partial charge is 0.153 e. The summed E-state index contributed by atoms with van der Waals surface area (Å²) in [7, 11) is 0. The van der Waals surface area contributed by atoms with Gasteiger partial charge in [-0.1, -0.05) is 12.1 Å². The zero-order valence-corrected chi connectivity index (χ0v) is 9.42. The summed E-state index contributed by atoms with van der Waals surface area (Å²) in [6, 6.07) is 9.77. The maximum Gasteiger partial charge on any atom is 0.153 e. The fraction of sp³-hybridized carbons (Fsp3) is 0. The van der Waals surface area contributed by atoms with Crippen LogP contribution in [0.15, 0.2) is 53.5 Å². The van der Waals surface area contributed by atoms with Crippen LogP contribution in [0.3, 0.4) is 0 Å². The number of pyridine rings is 1. The Kier molecular flexibility index (Phi) is 1.80. The highest BCUT2D eigenvalue weighted by molar-refractivity contribution is 6.09. The molecule has 0 atom stereocenters. The lowest BCUT2D eigenvalue weighted by atomic mass is 10.1. The lowest BCUT2D eigenvalue weighted by Gasteiger charge is -1.98. The summed E-state index contributed by atoms with van der Waals surface area (Å²) in [6.07, 6.45) is 5.25. The predicted octanol–water partition coefficient (Wildman–Crippen LogP) is 3.37. The van der Waals surface area contributed by atoms with Crippen molar-refractivity contribution < 1.29 is 4.42 Å². The Morgan fingerprint density at radius 1 is 1.06 bits per heavy atom. The van der Waals surface area contributed by atoms with Crippen LogP contribution in [-0.2, 0) is 0 Å². The second kappa shape index (κ2) is 3.43. The average molecular weight is 235 g/mol. The SMILES string of the molecule is c1cnc2c(c1)oc1cccc(-c3cnc[nH]3)c12. The van der Waals surface area contributed by atoms with E-state index in [1.807, 2.05) is 30.3 Å². The number of benzene rings is 1. The van der Waals surface area contributed by atoms with Gasteiger partial charge >= 0.3 is 0 Å². The minimum absolute atomic E-state index is 0.805. The van der Waals surface area contributed by atoms with E-state index in [9.17, 15) is 0 Å². The summed E-state index contributed by atoms with van der Waals surface area (Å²) < 4.78 is 5.79. The zero-order chi connectivity index (χ0) is 11.9. The average Bonchev–Trinajstić information content (AvgIpc) is 3.05. The Morgan fingerprint density at radius 2 is 2.00 bits per heavy atom. The molecule has 3 aromatic heterocycles. The first-order valence-corrected chi connectivity index (χ1v) is 5.68. The van der Waals surface area contributed by atoms with Gasteiger partial charge < -0.3 is 9.40 Å². The van der Waals surface area contributed by atoms with Crippen molar-refractivity contribution in [2.24, 2.45) is 0 Å². The topological polar surface area (TPSA) is 54.7 Å². The van der Waals surface area contributed by atoms with Crippen LogP contribution < -0.4 is 0 Å². The summed E-state index contributed by atoms with van der Waals surface area (Å²) >= 11 is 0. The highest BCUT2D eigenvalue weighted by Gasteiger charge is 2.13. The van der Waals surface area contributed by atoms with Gasteiger partial charge in [0.2, 0.25) is 0 Å². The van der Waals surface area contributed by atoms with E-state index in [-0.39, 0.29) is 0 Å². The largest absolute Gasteiger partial charge is 0.454 e. The minimum atomic E-state index is 0.805. The number of hydrogen-bond donors (Lipinski definition) is 1. The highest BCUT2D eigenvalue weighted by Crippen LogP contribution is 2.34. The van der Waals surface area contributed by atoms with Gasteiger partial charge in [0.1, 0.15) is 11.1 Å². The second-order valence-corrected chi connectivity index (χ2v) is 4.10. The first-order valence-electron chi connectivity index (χ1n) is 5.68. The van der Waals surface area contributed by atoms with Crippen molar-refractivity contribution in [3.63, 3.8) is 0 Å². The molecule has 4 nitrogen and oxygen atoms in total. The zero-order valence-electron chi connectivity index (χ0n) is 9.42. The molecule has 86 valence electrons. The number of aromatic amines is 1. The fourth-order valence-electron chi connectivity index (χ4n) is 2.27. The molecular formula is C14H9N3O. The highest BCUT2D eigenvalue weighted by atomic mass is 16.3. The van der Waals surface area contributed by atoms with Gasteiger partial charge in [0.25, 0.3) is 0 Å². The summed E-state index contributed by atoms with van der Waals surface area (Å²) in [5, 5.41) is 1.03. The first kappa shape index (κ1) is 9.41. The number of hydrogen-bond acceptors (Lipinski definition) is 3. The molecule has 1 aromatic carbocycles. The van der Waals surface area contributed by atoms with E-state index in [0.29, 0.717) is 0 Å². The molecule has 0 spiro atoms. The molecule has 0 saturated heterocycles. The molecule has 3 heterocycles. The Labute approximate surface area is 102 Å². The molecule has 0 saturated carbocycles. The van der Waals surface area contributed by atoms with E-state index in [1.165, 1.54) is 0 Å². The Bertz CT molecular complexity index is 831. The summed E-state index contributed by atoms with van der Waals surface area (Å²) in [4.78, 5) is 11.6. The number of nitrogens with one attached hydrogen (secondary N) is 1. The number of aromatic nitrogens is 3. The maximum absolute atomic E-state index is 5.79. The van der Waals surface area contributed by atoms with Crippen molar-refractivity contribution in [3.8, 4) is 11.3 Å². The van der Waals surface area contributed by atoms with E-state index in [1.54, 1.807) is 18.7 Å². The van der Waals surface area contributed by atoms with E-state index < -0.39 is 0 Å². The number of imidazole rings is 1. The van der Waals surface area contributed by atoms with Crippen LogP contribution in [-0.4, -0.2) is 15.0 Å². The van der Waals surface area contributed by atoms with Gasteiger partial charge in [0.05, 0.1) is 23.6 Å². The minimum Gasteiger partial charge on any atom is -0.454 e. The van der Waals surface area contributed by atoms with Crippen LogP contribution in [0.25, 0.3) is 33.3 Å². The van der Waals surface area contributed by atoms with Crippen molar-refractivity contribution in [2.75, 3.05) is 0 Å². The van der Waals surface area contributed by atoms with Gasteiger partial charge in [-0.25, -0.2) is 4.98 Å². The molecule has 1 N–H and O–H groups in total. The standard InChI is InChI=1S/C14H9N3O/c1-3-9(10-7-15-8-17-10)13-11(4-1)18-12-5-2-6-16-14(12)13/h1-8H,(H,15,17). The molecule has 0 aliphatic carbocycles. The molecule has 0 fully saturated rings. The fourth-order valence-corrected chi connectivity index (χ4v) is 2.27. The van der Waals surface area contributed by atoms with Gasteiger partial charge in [-0.15, -0.1) is 0 Å². The van der Waals surface area contributed by atoms with E-state index in [4.69, 9.17) is 4.42 Å². The molecule has 0 aliphatic heterocycles. The van der Waals surface area contributed by atoms with Crippen molar-refractivity contribution in [3.05, 3.63) is 49.1 Å². The monoisotopic (exact) mass is 235 g/mol. The number of rotatable bonds is 1.